The summed E-state index contributed by atoms with van der Waals surface area (Å²) in [6, 6.07) is 7.26. The number of rotatable bonds is 7. The van der Waals surface area contributed by atoms with Crippen LogP contribution < -0.4 is 5.32 Å². The van der Waals surface area contributed by atoms with E-state index in [-0.39, 0.29) is 30.1 Å². The molecule has 1 heterocycles. The van der Waals surface area contributed by atoms with E-state index in [0.717, 1.165) is 18.4 Å². The minimum atomic E-state index is -0.680. The third-order valence-corrected chi connectivity index (χ3v) is 5.09. The fourth-order valence-electron chi connectivity index (χ4n) is 3.15. The van der Waals surface area contributed by atoms with Gasteiger partial charge >= 0.3 is 0 Å². The van der Waals surface area contributed by atoms with E-state index in [9.17, 15) is 14.4 Å². The second-order valence-electron chi connectivity index (χ2n) is 6.68. The Kier molecular flexibility index (Phi) is 8.38. The van der Waals surface area contributed by atoms with Gasteiger partial charge in [0.1, 0.15) is 11.8 Å². The average molecular weight is 414 g/mol. The molecule has 1 aliphatic rings. The van der Waals surface area contributed by atoms with Crippen molar-refractivity contribution in [3.8, 4) is 0 Å². The highest BCUT2D eigenvalue weighted by Gasteiger charge is 2.33. The van der Waals surface area contributed by atoms with Crippen molar-refractivity contribution >= 4 is 40.9 Å². The Morgan fingerprint density at radius 3 is 2.81 bits per heavy atom. The van der Waals surface area contributed by atoms with Crippen molar-refractivity contribution in [2.24, 2.45) is 5.92 Å². The summed E-state index contributed by atoms with van der Waals surface area (Å²) in [7, 11) is 1.73. The van der Waals surface area contributed by atoms with Crippen molar-refractivity contribution in [3.05, 3.63) is 34.9 Å². The molecule has 1 aliphatic heterocycles. The predicted octanol–water partition coefficient (Wildman–Crippen LogP) is 2.28. The molecule has 6 nitrogen and oxygen atoms in total. The first-order valence-corrected chi connectivity index (χ1v) is 9.94. The van der Waals surface area contributed by atoms with Crippen LogP contribution in [-0.2, 0) is 20.9 Å². The van der Waals surface area contributed by atoms with Gasteiger partial charge in [-0.1, -0.05) is 30.2 Å². The summed E-state index contributed by atoms with van der Waals surface area (Å²) < 4.78 is 0. The zero-order valence-electron chi connectivity index (χ0n) is 15.4. The molecule has 1 N–H and O–H groups in total. The van der Waals surface area contributed by atoms with Crippen LogP contribution in [-0.4, -0.2) is 60.1 Å². The predicted molar refractivity (Wildman–Crippen MR) is 106 cm³/mol. The molecule has 0 bridgehead atoms. The molecule has 1 fully saturated rings. The summed E-state index contributed by atoms with van der Waals surface area (Å²) in [4.78, 5) is 40.4. The van der Waals surface area contributed by atoms with Gasteiger partial charge < -0.3 is 15.1 Å². The van der Waals surface area contributed by atoms with E-state index in [1.165, 1.54) is 0 Å². The SMILES string of the molecule is CN1CCCCC(C(=O)N(CCNC(=O)CCl)Cc2cccc(Cl)c2)C1=O. The molecule has 1 aromatic rings. The van der Waals surface area contributed by atoms with Crippen molar-refractivity contribution < 1.29 is 14.4 Å². The van der Waals surface area contributed by atoms with Crippen molar-refractivity contribution in [2.75, 3.05) is 32.6 Å². The maximum absolute atomic E-state index is 13.1. The Bertz CT molecular complexity index is 684. The maximum Gasteiger partial charge on any atom is 0.235 e. The van der Waals surface area contributed by atoms with Gasteiger partial charge in [0, 0.05) is 38.2 Å². The van der Waals surface area contributed by atoms with Crippen LogP contribution in [0.25, 0.3) is 0 Å². The van der Waals surface area contributed by atoms with Crippen LogP contribution in [0, 0.1) is 5.92 Å². The first-order chi connectivity index (χ1) is 12.9. The lowest BCUT2D eigenvalue weighted by Gasteiger charge is -2.28. The van der Waals surface area contributed by atoms with Gasteiger partial charge in [0.25, 0.3) is 0 Å². The molecule has 2 rings (SSSR count). The largest absolute Gasteiger partial charge is 0.353 e. The van der Waals surface area contributed by atoms with Crippen LogP contribution in [0.1, 0.15) is 24.8 Å². The molecule has 0 aromatic heterocycles. The average Bonchev–Trinajstić information content (AvgIpc) is 2.81. The smallest absolute Gasteiger partial charge is 0.235 e. The zero-order chi connectivity index (χ0) is 19.8. The second kappa shape index (κ2) is 10.5. The third-order valence-electron chi connectivity index (χ3n) is 4.61. The number of alkyl halides is 1. The summed E-state index contributed by atoms with van der Waals surface area (Å²) >= 11 is 11.5. The first-order valence-electron chi connectivity index (χ1n) is 9.03. The second-order valence-corrected chi connectivity index (χ2v) is 7.39. The summed E-state index contributed by atoms with van der Waals surface area (Å²) in [6.45, 7) is 1.56. The molecule has 0 radical (unpaired) electrons. The van der Waals surface area contributed by atoms with E-state index in [1.807, 2.05) is 12.1 Å². The number of carbonyl (C=O) groups is 3. The number of nitrogens with one attached hydrogen (secondary N) is 1. The van der Waals surface area contributed by atoms with E-state index < -0.39 is 5.92 Å². The van der Waals surface area contributed by atoms with Gasteiger partial charge in [0.05, 0.1) is 0 Å². The van der Waals surface area contributed by atoms with Crippen LogP contribution in [0.15, 0.2) is 24.3 Å². The lowest BCUT2D eigenvalue weighted by Crippen LogP contribution is -2.45. The molecule has 27 heavy (non-hydrogen) atoms. The molecule has 0 spiro atoms. The van der Waals surface area contributed by atoms with Crippen LogP contribution >= 0.6 is 23.2 Å². The zero-order valence-corrected chi connectivity index (χ0v) is 16.9. The highest BCUT2D eigenvalue weighted by atomic mass is 35.5. The van der Waals surface area contributed by atoms with E-state index in [4.69, 9.17) is 23.2 Å². The molecule has 1 saturated heterocycles. The Hall–Kier alpha value is -1.79. The summed E-state index contributed by atoms with van der Waals surface area (Å²) in [5.74, 6) is -1.46. The summed E-state index contributed by atoms with van der Waals surface area (Å²) in [5, 5.41) is 3.25. The van der Waals surface area contributed by atoms with Gasteiger partial charge in [-0.2, -0.15) is 0 Å². The number of hydrogen-bond acceptors (Lipinski definition) is 3. The Labute approximate surface area is 169 Å². The first kappa shape index (κ1) is 21.5. The Balaban J connectivity index is 2.14. The number of likely N-dealkylation sites (tertiary alicyclic amines) is 1. The Morgan fingerprint density at radius 1 is 1.33 bits per heavy atom. The highest BCUT2D eigenvalue weighted by Crippen LogP contribution is 2.21. The van der Waals surface area contributed by atoms with Crippen molar-refractivity contribution in [1.82, 2.24) is 15.1 Å². The van der Waals surface area contributed by atoms with Crippen LogP contribution in [0.2, 0.25) is 5.02 Å². The third kappa shape index (κ3) is 6.40. The summed E-state index contributed by atoms with van der Waals surface area (Å²) in [5.41, 5.74) is 0.869. The molecule has 3 amide bonds. The number of nitrogens with zero attached hydrogens (tertiary/aromatic N) is 2. The summed E-state index contributed by atoms with van der Waals surface area (Å²) in [6.07, 6.45) is 2.27. The number of halogens is 2. The minimum absolute atomic E-state index is 0.131. The van der Waals surface area contributed by atoms with E-state index in [0.29, 0.717) is 31.1 Å². The molecular formula is C19H25Cl2N3O3. The van der Waals surface area contributed by atoms with Gasteiger partial charge in [-0.25, -0.2) is 0 Å². The lowest BCUT2D eigenvalue weighted by molar-refractivity contribution is -0.146. The fraction of sp³-hybridized carbons (Fsp3) is 0.526. The monoisotopic (exact) mass is 413 g/mol. The van der Waals surface area contributed by atoms with E-state index >= 15 is 0 Å². The molecule has 1 atom stereocenters. The molecule has 0 aliphatic carbocycles. The van der Waals surface area contributed by atoms with Crippen LogP contribution in [0.4, 0.5) is 0 Å². The van der Waals surface area contributed by atoms with Gasteiger partial charge in [-0.05, 0) is 30.5 Å². The molecule has 148 valence electrons. The normalized spacial score (nSPS) is 17.4. The van der Waals surface area contributed by atoms with E-state index in [2.05, 4.69) is 5.32 Å². The Morgan fingerprint density at radius 2 is 2.11 bits per heavy atom. The standard InChI is InChI=1S/C19H25Cl2N3O3/c1-23-9-3-2-7-16(18(23)26)19(27)24(10-8-22-17(25)12-20)13-14-5-4-6-15(21)11-14/h4-6,11,16H,2-3,7-10,12-13H2,1H3,(H,22,25). The number of carbonyl (C=O) groups excluding carboxylic acids is 3. The molecular weight excluding hydrogens is 389 g/mol. The number of hydrogen-bond donors (Lipinski definition) is 1. The number of benzene rings is 1. The van der Waals surface area contributed by atoms with Crippen LogP contribution in [0.5, 0.6) is 0 Å². The minimum Gasteiger partial charge on any atom is -0.353 e. The van der Waals surface area contributed by atoms with Gasteiger partial charge in [-0.3, -0.25) is 14.4 Å². The van der Waals surface area contributed by atoms with Crippen molar-refractivity contribution in [1.29, 1.82) is 0 Å². The van der Waals surface area contributed by atoms with Crippen LogP contribution in [0.3, 0.4) is 0 Å². The number of amides is 3. The fourth-order valence-corrected chi connectivity index (χ4v) is 3.45. The molecule has 1 unspecified atom stereocenters. The van der Waals surface area contributed by atoms with Gasteiger partial charge in [0.15, 0.2) is 0 Å². The topological polar surface area (TPSA) is 69.7 Å². The van der Waals surface area contributed by atoms with E-state index in [1.54, 1.807) is 29.0 Å². The molecule has 0 saturated carbocycles. The van der Waals surface area contributed by atoms with Gasteiger partial charge in [0.2, 0.25) is 17.7 Å². The van der Waals surface area contributed by atoms with Crippen molar-refractivity contribution in [2.45, 2.75) is 25.8 Å². The maximum atomic E-state index is 13.1. The molecule has 1 aromatic carbocycles. The lowest BCUT2D eigenvalue weighted by atomic mass is 10.00. The van der Waals surface area contributed by atoms with Gasteiger partial charge in [-0.15, -0.1) is 11.6 Å². The van der Waals surface area contributed by atoms with Crippen molar-refractivity contribution in [3.63, 3.8) is 0 Å². The molecule has 8 heteroatoms. The quantitative estimate of drug-likeness (QED) is 0.550. The highest BCUT2D eigenvalue weighted by molar-refractivity contribution is 6.30.